The van der Waals surface area contributed by atoms with Gasteiger partial charge in [-0.05, 0) is 18.9 Å². The molecule has 3 aromatic heterocycles. The van der Waals surface area contributed by atoms with E-state index >= 15 is 0 Å². The number of nitrogens with two attached hydrogens (primary N) is 3. The second-order valence-corrected chi connectivity index (χ2v) is 7.17. The van der Waals surface area contributed by atoms with E-state index in [0.717, 1.165) is 43.0 Å². The van der Waals surface area contributed by atoms with Gasteiger partial charge in [0.25, 0.3) is 0 Å². The molecule has 0 unspecified atom stereocenters. The molecule has 1 aliphatic heterocycles. The van der Waals surface area contributed by atoms with E-state index in [0.29, 0.717) is 30.4 Å². The smallest absolute Gasteiger partial charge is 0.248 e. The van der Waals surface area contributed by atoms with Gasteiger partial charge in [-0.15, -0.1) is 0 Å². The van der Waals surface area contributed by atoms with Crippen LogP contribution in [0.4, 0.5) is 17.3 Å². The van der Waals surface area contributed by atoms with Crippen molar-refractivity contribution in [1.82, 2.24) is 24.5 Å². The van der Waals surface area contributed by atoms with Crippen LogP contribution in [0, 0.1) is 0 Å². The minimum absolute atomic E-state index is 0.146. The molecule has 0 aliphatic carbocycles. The minimum atomic E-state index is -0.146. The van der Waals surface area contributed by atoms with Crippen LogP contribution in [-0.4, -0.2) is 44.1 Å². The fraction of sp³-hybridized carbons (Fsp3) is 0.368. The summed E-state index contributed by atoms with van der Waals surface area (Å²) in [6.45, 7) is 2.79. The summed E-state index contributed by atoms with van der Waals surface area (Å²) in [6, 6.07) is 3.41. The lowest BCUT2D eigenvalue weighted by Gasteiger charge is -2.33. The Balaban J connectivity index is 1.56. The third kappa shape index (κ3) is 3.79. The normalized spacial score (nSPS) is 15.0. The SMILES string of the molecule is NCCn1cc(-c2cc[nH]c(=O)c2)nc1C1CCN(c2ncnc(N)c2N)CC1. The van der Waals surface area contributed by atoms with Crippen LogP contribution in [0.15, 0.2) is 35.6 Å². The molecule has 0 bridgehead atoms. The van der Waals surface area contributed by atoms with Gasteiger partial charge in [-0.2, -0.15) is 0 Å². The van der Waals surface area contributed by atoms with Gasteiger partial charge < -0.3 is 31.7 Å². The first-order valence-electron chi connectivity index (χ1n) is 9.64. The Morgan fingerprint density at radius 2 is 2.00 bits per heavy atom. The van der Waals surface area contributed by atoms with Crippen molar-refractivity contribution in [3.8, 4) is 11.3 Å². The van der Waals surface area contributed by atoms with E-state index in [1.165, 1.54) is 6.33 Å². The van der Waals surface area contributed by atoms with Gasteiger partial charge in [-0.1, -0.05) is 0 Å². The lowest BCUT2D eigenvalue weighted by atomic mass is 9.95. The molecule has 29 heavy (non-hydrogen) atoms. The number of aromatic amines is 1. The third-order valence-corrected chi connectivity index (χ3v) is 5.30. The second-order valence-electron chi connectivity index (χ2n) is 7.17. The number of rotatable bonds is 5. The Hall–Kier alpha value is -3.40. The number of hydrogen-bond donors (Lipinski definition) is 4. The Labute approximate surface area is 167 Å². The predicted octanol–water partition coefficient (Wildman–Crippen LogP) is 0.536. The van der Waals surface area contributed by atoms with Gasteiger partial charge in [0.05, 0.1) is 5.69 Å². The quantitative estimate of drug-likeness (QED) is 0.487. The van der Waals surface area contributed by atoms with Crippen LogP contribution in [0.3, 0.4) is 0 Å². The van der Waals surface area contributed by atoms with E-state index in [1.807, 2.05) is 12.3 Å². The average molecular weight is 395 g/mol. The van der Waals surface area contributed by atoms with Crippen molar-refractivity contribution in [2.75, 3.05) is 36.0 Å². The number of piperidine rings is 1. The van der Waals surface area contributed by atoms with Gasteiger partial charge in [0.1, 0.15) is 17.8 Å². The van der Waals surface area contributed by atoms with Crippen LogP contribution in [0.2, 0.25) is 0 Å². The number of nitrogens with zero attached hydrogens (tertiary/aromatic N) is 5. The molecule has 0 amide bonds. The lowest BCUT2D eigenvalue weighted by Crippen LogP contribution is -2.35. The summed E-state index contributed by atoms with van der Waals surface area (Å²) in [6.07, 6.45) is 6.86. The maximum atomic E-state index is 11.7. The molecule has 0 spiro atoms. The molecule has 1 saturated heterocycles. The fourth-order valence-corrected chi connectivity index (χ4v) is 3.82. The topological polar surface area (TPSA) is 158 Å². The molecule has 10 heteroatoms. The summed E-state index contributed by atoms with van der Waals surface area (Å²) in [5.41, 5.74) is 19.5. The zero-order chi connectivity index (χ0) is 20.4. The van der Waals surface area contributed by atoms with Crippen molar-refractivity contribution in [2.24, 2.45) is 5.73 Å². The zero-order valence-electron chi connectivity index (χ0n) is 16.1. The largest absolute Gasteiger partial charge is 0.393 e. The van der Waals surface area contributed by atoms with Crippen LogP contribution in [0.5, 0.6) is 0 Å². The zero-order valence-corrected chi connectivity index (χ0v) is 16.1. The monoisotopic (exact) mass is 395 g/mol. The highest BCUT2D eigenvalue weighted by atomic mass is 16.1. The molecule has 3 aromatic rings. The first-order valence-corrected chi connectivity index (χ1v) is 9.64. The van der Waals surface area contributed by atoms with Crippen molar-refractivity contribution in [2.45, 2.75) is 25.3 Å². The molecule has 4 heterocycles. The van der Waals surface area contributed by atoms with Crippen LogP contribution >= 0.6 is 0 Å². The molecule has 0 aromatic carbocycles. The Morgan fingerprint density at radius 3 is 2.72 bits per heavy atom. The van der Waals surface area contributed by atoms with Crippen molar-refractivity contribution in [1.29, 1.82) is 0 Å². The lowest BCUT2D eigenvalue weighted by molar-refractivity contribution is 0.464. The minimum Gasteiger partial charge on any atom is -0.393 e. The Morgan fingerprint density at radius 1 is 1.21 bits per heavy atom. The maximum Gasteiger partial charge on any atom is 0.248 e. The van der Waals surface area contributed by atoms with Crippen molar-refractivity contribution in [3.05, 3.63) is 47.0 Å². The fourth-order valence-electron chi connectivity index (χ4n) is 3.82. The number of H-pyrrole nitrogens is 1. The predicted molar refractivity (Wildman–Crippen MR) is 112 cm³/mol. The molecule has 0 atom stereocenters. The number of imidazole rings is 1. The van der Waals surface area contributed by atoms with Gasteiger partial charge in [0.2, 0.25) is 5.56 Å². The number of nitrogens with one attached hydrogen (secondary N) is 1. The number of pyridine rings is 1. The van der Waals surface area contributed by atoms with E-state index in [1.54, 1.807) is 12.3 Å². The van der Waals surface area contributed by atoms with Crippen LogP contribution in [0.1, 0.15) is 24.6 Å². The summed E-state index contributed by atoms with van der Waals surface area (Å²) >= 11 is 0. The molecular formula is C19H25N9O. The number of aromatic nitrogens is 5. The Bertz CT molecular complexity index is 1050. The summed E-state index contributed by atoms with van der Waals surface area (Å²) in [5.74, 6) is 2.28. The molecule has 0 radical (unpaired) electrons. The summed E-state index contributed by atoms with van der Waals surface area (Å²) in [5, 5.41) is 0. The third-order valence-electron chi connectivity index (χ3n) is 5.30. The van der Waals surface area contributed by atoms with Gasteiger partial charge in [0, 0.05) is 56.1 Å². The van der Waals surface area contributed by atoms with Crippen molar-refractivity contribution in [3.63, 3.8) is 0 Å². The molecule has 4 rings (SSSR count). The van der Waals surface area contributed by atoms with Gasteiger partial charge in [-0.3, -0.25) is 4.79 Å². The number of hydrogen-bond acceptors (Lipinski definition) is 8. The van der Waals surface area contributed by atoms with E-state index in [4.69, 9.17) is 22.2 Å². The van der Waals surface area contributed by atoms with Crippen molar-refractivity contribution >= 4 is 17.3 Å². The number of nitrogen functional groups attached to an aromatic ring is 2. The van der Waals surface area contributed by atoms with E-state index in [2.05, 4.69) is 24.4 Å². The number of anilines is 3. The summed E-state index contributed by atoms with van der Waals surface area (Å²) in [4.78, 5) is 29.5. The second kappa shape index (κ2) is 7.92. The molecule has 152 valence electrons. The van der Waals surface area contributed by atoms with Crippen LogP contribution in [0.25, 0.3) is 11.3 Å². The highest BCUT2D eigenvalue weighted by Gasteiger charge is 2.27. The van der Waals surface area contributed by atoms with Gasteiger partial charge in [0.15, 0.2) is 11.6 Å². The van der Waals surface area contributed by atoms with E-state index in [-0.39, 0.29) is 11.5 Å². The van der Waals surface area contributed by atoms with Crippen molar-refractivity contribution < 1.29 is 0 Å². The van der Waals surface area contributed by atoms with E-state index < -0.39 is 0 Å². The molecule has 0 saturated carbocycles. The van der Waals surface area contributed by atoms with Gasteiger partial charge >= 0.3 is 0 Å². The molecule has 7 N–H and O–H groups in total. The molecular weight excluding hydrogens is 370 g/mol. The van der Waals surface area contributed by atoms with Gasteiger partial charge in [-0.25, -0.2) is 15.0 Å². The average Bonchev–Trinajstić information content (AvgIpc) is 3.15. The maximum absolute atomic E-state index is 11.7. The van der Waals surface area contributed by atoms with Crippen LogP contribution in [-0.2, 0) is 6.54 Å². The molecule has 10 nitrogen and oxygen atoms in total. The molecule has 1 aliphatic rings. The highest BCUT2D eigenvalue weighted by molar-refractivity contribution is 5.73. The standard InChI is InChI=1S/C19H25N9O/c20-4-8-28-10-14(13-1-5-23-15(29)9-13)26-18(28)12-2-6-27(7-3-12)19-16(21)17(22)24-11-25-19/h1,5,9-12H,2-4,6-8,20-21H2,(H,23,29)(H2,22,24,25). The summed E-state index contributed by atoms with van der Waals surface area (Å²) < 4.78 is 2.11. The first-order chi connectivity index (χ1) is 14.1. The highest BCUT2D eigenvalue weighted by Crippen LogP contribution is 2.33. The molecule has 1 fully saturated rings. The summed E-state index contributed by atoms with van der Waals surface area (Å²) in [7, 11) is 0. The first kappa shape index (κ1) is 18.9. The Kier molecular flexibility index (Phi) is 5.17. The van der Waals surface area contributed by atoms with E-state index in [9.17, 15) is 4.79 Å². The van der Waals surface area contributed by atoms with Crippen LogP contribution < -0.4 is 27.7 Å².